The number of carbonyl (C=O) groups excluding carboxylic acids is 1. The molecule has 25 heavy (non-hydrogen) atoms. The van der Waals surface area contributed by atoms with Crippen molar-refractivity contribution in [3.63, 3.8) is 0 Å². The Bertz CT molecular complexity index is 578. The standard InChI is InChI=1S/C17H28ClN5OS/c1-12(2)10-19-16(24)11-25-17-20-14(18)9-15(21-17)23(4)13-5-7-22(3)8-6-13/h9,12-13H,5-8,10-11H2,1-4H3,(H,19,24)/p+1. The highest BCUT2D eigenvalue weighted by molar-refractivity contribution is 7.99. The molecule has 0 aliphatic carbocycles. The van der Waals surface area contributed by atoms with Crippen molar-refractivity contribution in [2.45, 2.75) is 37.9 Å². The Hall–Kier alpha value is -1.05. The van der Waals surface area contributed by atoms with Crippen LogP contribution in [0, 0.1) is 5.92 Å². The number of nitrogens with one attached hydrogen (secondary N) is 2. The molecule has 1 amide bonds. The number of hydrogen-bond acceptors (Lipinski definition) is 5. The zero-order valence-electron chi connectivity index (χ0n) is 15.5. The van der Waals surface area contributed by atoms with Gasteiger partial charge in [-0.15, -0.1) is 0 Å². The molecule has 1 aliphatic rings. The van der Waals surface area contributed by atoms with Gasteiger partial charge in [-0.2, -0.15) is 0 Å². The smallest absolute Gasteiger partial charge is 0.230 e. The Balaban J connectivity index is 1.96. The second-order valence-corrected chi connectivity index (χ2v) is 8.45. The molecule has 0 bridgehead atoms. The summed E-state index contributed by atoms with van der Waals surface area (Å²) in [5, 5.41) is 3.86. The first-order chi connectivity index (χ1) is 11.8. The number of anilines is 1. The van der Waals surface area contributed by atoms with E-state index in [-0.39, 0.29) is 5.91 Å². The first-order valence-corrected chi connectivity index (χ1v) is 10.2. The Morgan fingerprint density at radius 2 is 2.12 bits per heavy atom. The van der Waals surface area contributed by atoms with Gasteiger partial charge in [0.15, 0.2) is 5.16 Å². The van der Waals surface area contributed by atoms with Crippen molar-refractivity contribution in [2.24, 2.45) is 5.92 Å². The van der Waals surface area contributed by atoms with Crippen LogP contribution in [-0.2, 0) is 4.79 Å². The predicted molar refractivity (Wildman–Crippen MR) is 104 cm³/mol. The maximum absolute atomic E-state index is 11.9. The number of likely N-dealkylation sites (tertiary alicyclic amines) is 1. The van der Waals surface area contributed by atoms with E-state index in [4.69, 9.17) is 11.6 Å². The van der Waals surface area contributed by atoms with Crippen LogP contribution in [0.2, 0.25) is 5.15 Å². The quantitative estimate of drug-likeness (QED) is 0.417. The fourth-order valence-corrected chi connectivity index (χ4v) is 3.71. The molecular weight excluding hydrogens is 358 g/mol. The lowest BCUT2D eigenvalue weighted by molar-refractivity contribution is -0.884. The van der Waals surface area contributed by atoms with Crippen molar-refractivity contribution in [3.8, 4) is 0 Å². The number of piperidine rings is 1. The second kappa shape index (κ2) is 9.59. The van der Waals surface area contributed by atoms with E-state index >= 15 is 0 Å². The lowest BCUT2D eigenvalue weighted by Gasteiger charge is -2.34. The normalized spacial score (nSPS) is 20.6. The SMILES string of the molecule is CC(C)CNC(=O)CSc1nc(Cl)cc(N(C)C2CC[NH+](C)CC2)n1. The van der Waals surface area contributed by atoms with Crippen LogP contribution >= 0.6 is 23.4 Å². The molecule has 1 aromatic rings. The van der Waals surface area contributed by atoms with E-state index in [0.717, 1.165) is 18.7 Å². The Kier molecular flexibility index (Phi) is 7.78. The average molecular weight is 387 g/mol. The molecule has 1 fully saturated rings. The lowest BCUT2D eigenvalue weighted by atomic mass is 10.0. The monoisotopic (exact) mass is 386 g/mol. The molecular formula is C17H29ClN5OS+. The summed E-state index contributed by atoms with van der Waals surface area (Å²) in [6, 6.07) is 2.28. The molecule has 2 heterocycles. The molecule has 8 heteroatoms. The van der Waals surface area contributed by atoms with Gasteiger partial charge >= 0.3 is 0 Å². The fourth-order valence-electron chi connectivity index (χ4n) is 2.80. The summed E-state index contributed by atoms with van der Waals surface area (Å²) in [7, 11) is 4.30. The molecule has 0 aromatic carbocycles. The van der Waals surface area contributed by atoms with Gasteiger partial charge in [-0.1, -0.05) is 37.2 Å². The second-order valence-electron chi connectivity index (χ2n) is 7.12. The van der Waals surface area contributed by atoms with Crippen molar-refractivity contribution in [3.05, 3.63) is 11.2 Å². The van der Waals surface area contributed by atoms with Gasteiger partial charge in [-0.3, -0.25) is 4.79 Å². The predicted octanol–water partition coefficient (Wildman–Crippen LogP) is 1.11. The summed E-state index contributed by atoms with van der Waals surface area (Å²) in [6.45, 7) is 7.17. The minimum atomic E-state index is -0.00419. The molecule has 1 aliphatic heterocycles. The third-order valence-corrected chi connectivity index (χ3v) is 5.46. The Morgan fingerprint density at radius 1 is 1.44 bits per heavy atom. The number of nitrogens with zero attached hydrogens (tertiary/aromatic N) is 3. The minimum absolute atomic E-state index is 0.00419. The summed E-state index contributed by atoms with van der Waals surface area (Å²) in [6.07, 6.45) is 2.29. The molecule has 0 radical (unpaired) electrons. The van der Waals surface area contributed by atoms with Gasteiger partial charge in [0.05, 0.1) is 25.9 Å². The number of rotatable bonds is 7. The van der Waals surface area contributed by atoms with Gasteiger partial charge in [0.25, 0.3) is 0 Å². The molecule has 1 aromatic heterocycles. The van der Waals surface area contributed by atoms with E-state index in [1.165, 1.54) is 24.9 Å². The van der Waals surface area contributed by atoms with Crippen LogP contribution in [0.15, 0.2) is 11.2 Å². The summed E-state index contributed by atoms with van der Waals surface area (Å²) in [5.74, 6) is 1.56. The summed E-state index contributed by atoms with van der Waals surface area (Å²) in [4.78, 5) is 24.5. The number of quaternary nitrogens is 1. The maximum atomic E-state index is 11.9. The van der Waals surface area contributed by atoms with Gasteiger partial charge < -0.3 is 15.1 Å². The van der Waals surface area contributed by atoms with Crippen LogP contribution in [0.3, 0.4) is 0 Å². The van der Waals surface area contributed by atoms with Crippen LogP contribution in [-0.4, -0.2) is 61.4 Å². The van der Waals surface area contributed by atoms with E-state index in [1.54, 1.807) is 11.0 Å². The lowest BCUT2D eigenvalue weighted by Crippen LogP contribution is -3.10. The van der Waals surface area contributed by atoms with Gasteiger partial charge in [-0.05, 0) is 5.92 Å². The van der Waals surface area contributed by atoms with E-state index in [2.05, 4.69) is 48.1 Å². The first kappa shape index (κ1) is 20.3. The van der Waals surface area contributed by atoms with E-state index in [1.807, 2.05) is 0 Å². The van der Waals surface area contributed by atoms with Crippen LogP contribution in [0.5, 0.6) is 0 Å². The summed E-state index contributed by atoms with van der Waals surface area (Å²) >= 11 is 7.50. The molecule has 6 nitrogen and oxygen atoms in total. The number of carbonyl (C=O) groups is 1. The molecule has 0 atom stereocenters. The number of hydrogen-bond donors (Lipinski definition) is 2. The maximum Gasteiger partial charge on any atom is 0.230 e. The number of thioether (sulfide) groups is 1. The van der Waals surface area contributed by atoms with Gasteiger partial charge in [0, 0.05) is 38.5 Å². The van der Waals surface area contributed by atoms with Gasteiger partial charge in [-0.25, -0.2) is 9.97 Å². The molecule has 0 unspecified atom stereocenters. The fraction of sp³-hybridized carbons (Fsp3) is 0.706. The number of aromatic nitrogens is 2. The first-order valence-electron chi connectivity index (χ1n) is 8.83. The van der Waals surface area contributed by atoms with Gasteiger partial charge in [0.1, 0.15) is 11.0 Å². The summed E-state index contributed by atoms with van der Waals surface area (Å²) < 4.78 is 0. The van der Waals surface area contributed by atoms with Crippen molar-refractivity contribution >= 4 is 35.1 Å². The molecule has 1 saturated heterocycles. The zero-order valence-corrected chi connectivity index (χ0v) is 17.1. The van der Waals surface area contributed by atoms with Crippen LogP contribution < -0.4 is 15.1 Å². The van der Waals surface area contributed by atoms with Crippen molar-refractivity contribution in [1.29, 1.82) is 0 Å². The van der Waals surface area contributed by atoms with Crippen molar-refractivity contribution < 1.29 is 9.69 Å². The molecule has 140 valence electrons. The average Bonchev–Trinajstić information content (AvgIpc) is 2.57. The zero-order chi connectivity index (χ0) is 18.4. The summed E-state index contributed by atoms with van der Waals surface area (Å²) in [5.41, 5.74) is 0. The molecule has 0 spiro atoms. The Morgan fingerprint density at radius 3 is 2.76 bits per heavy atom. The van der Waals surface area contributed by atoms with Crippen molar-refractivity contribution in [2.75, 3.05) is 44.4 Å². The van der Waals surface area contributed by atoms with Crippen LogP contribution in [0.4, 0.5) is 5.82 Å². The molecule has 0 saturated carbocycles. The molecule has 2 rings (SSSR count). The van der Waals surface area contributed by atoms with E-state index < -0.39 is 0 Å². The molecule has 2 N–H and O–H groups in total. The van der Waals surface area contributed by atoms with Crippen LogP contribution in [0.1, 0.15) is 26.7 Å². The van der Waals surface area contributed by atoms with Crippen LogP contribution in [0.25, 0.3) is 0 Å². The van der Waals surface area contributed by atoms with E-state index in [9.17, 15) is 4.79 Å². The number of halogens is 1. The van der Waals surface area contributed by atoms with E-state index in [0.29, 0.717) is 34.6 Å². The highest BCUT2D eigenvalue weighted by Crippen LogP contribution is 2.24. The largest absolute Gasteiger partial charge is 0.356 e. The van der Waals surface area contributed by atoms with Crippen molar-refractivity contribution in [1.82, 2.24) is 15.3 Å². The number of amides is 1. The van der Waals surface area contributed by atoms with Gasteiger partial charge in [0.2, 0.25) is 5.91 Å². The third kappa shape index (κ3) is 6.64. The third-order valence-electron chi connectivity index (χ3n) is 4.42. The Labute approximate surface area is 159 Å². The minimum Gasteiger partial charge on any atom is -0.356 e. The highest BCUT2D eigenvalue weighted by Gasteiger charge is 2.24. The topological polar surface area (TPSA) is 62.6 Å². The highest BCUT2D eigenvalue weighted by atomic mass is 35.5.